The van der Waals surface area contributed by atoms with Crippen molar-refractivity contribution in [2.75, 3.05) is 13.2 Å². The normalized spacial score (nSPS) is 17.8. The summed E-state index contributed by atoms with van der Waals surface area (Å²) in [4.78, 5) is 0. The highest BCUT2D eigenvalue weighted by Gasteiger charge is 2.23. The molecular formula is C18H17F3O2. The van der Waals surface area contributed by atoms with Gasteiger partial charge in [0, 0.05) is 0 Å². The summed E-state index contributed by atoms with van der Waals surface area (Å²) in [6.07, 6.45) is 2.47. The van der Waals surface area contributed by atoms with Gasteiger partial charge in [0.2, 0.25) is 0 Å². The third-order valence-electron chi connectivity index (χ3n) is 3.88. The molecule has 1 aliphatic heterocycles. The predicted octanol–water partition coefficient (Wildman–Crippen LogP) is 5.05. The van der Waals surface area contributed by atoms with Crippen molar-refractivity contribution >= 4 is 16.5 Å². The quantitative estimate of drug-likeness (QED) is 0.787. The third-order valence-corrected chi connectivity index (χ3v) is 3.88. The van der Waals surface area contributed by atoms with E-state index in [1.54, 1.807) is 13.0 Å². The van der Waals surface area contributed by atoms with Gasteiger partial charge >= 0.3 is 0 Å². The molecule has 0 aromatic heterocycles. The maximum Gasteiger partial charge on any atom is 0.175 e. The predicted molar refractivity (Wildman–Crippen MR) is 82.7 cm³/mol. The molecule has 122 valence electrons. The SMILES string of the molecule is CCOc1ccc2cc(C3=CCC(C)CO3)c(F)c(F)c2c1F. The van der Waals surface area contributed by atoms with Crippen LogP contribution in [0.2, 0.25) is 0 Å². The first-order valence-corrected chi connectivity index (χ1v) is 7.59. The van der Waals surface area contributed by atoms with Crippen molar-refractivity contribution in [3.05, 3.63) is 47.3 Å². The van der Waals surface area contributed by atoms with Crippen molar-refractivity contribution < 1.29 is 22.6 Å². The third kappa shape index (κ3) is 2.76. The molecule has 2 aromatic rings. The van der Waals surface area contributed by atoms with Crippen LogP contribution in [0.15, 0.2) is 24.3 Å². The molecule has 1 aliphatic rings. The number of halogens is 3. The molecule has 0 saturated carbocycles. The van der Waals surface area contributed by atoms with Gasteiger partial charge in [-0.15, -0.1) is 0 Å². The summed E-state index contributed by atoms with van der Waals surface area (Å²) in [5.74, 6) is -2.67. The first-order chi connectivity index (χ1) is 11.0. The van der Waals surface area contributed by atoms with Crippen molar-refractivity contribution in [3.8, 4) is 5.75 Å². The van der Waals surface area contributed by atoms with Crippen molar-refractivity contribution in [2.45, 2.75) is 20.3 Å². The van der Waals surface area contributed by atoms with Crippen LogP contribution in [-0.2, 0) is 4.74 Å². The number of hydrogen-bond donors (Lipinski definition) is 0. The Kier molecular flexibility index (Phi) is 4.20. The summed E-state index contributed by atoms with van der Waals surface area (Å²) in [7, 11) is 0. The van der Waals surface area contributed by atoms with Gasteiger partial charge in [-0.3, -0.25) is 0 Å². The van der Waals surface area contributed by atoms with Crippen LogP contribution in [0.25, 0.3) is 16.5 Å². The lowest BCUT2D eigenvalue weighted by Gasteiger charge is -2.21. The van der Waals surface area contributed by atoms with E-state index < -0.39 is 22.8 Å². The standard InChI is InChI=1S/C18H17F3O2/c1-3-22-14-7-5-11-8-12(13-6-4-10(2)9-23-13)16(19)18(21)15(11)17(14)20/h5-8,10H,3-4,9H2,1-2H3. The van der Waals surface area contributed by atoms with Crippen molar-refractivity contribution in [1.29, 1.82) is 0 Å². The second-order valence-electron chi connectivity index (χ2n) is 5.68. The Morgan fingerprint density at radius 1 is 1.17 bits per heavy atom. The summed E-state index contributed by atoms with van der Waals surface area (Å²) in [5, 5.41) is -0.134. The van der Waals surface area contributed by atoms with Crippen LogP contribution < -0.4 is 4.74 Å². The molecule has 0 bridgehead atoms. The molecule has 2 nitrogen and oxygen atoms in total. The lowest BCUT2D eigenvalue weighted by Crippen LogP contribution is -2.11. The molecule has 0 radical (unpaired) electrons. The molecule has 0 fully saturated rings. The summed E-state index contributed by atoms with van der Waals surface area (Å²) in [5.41, 5.74) is 0.0189. The first kappa shape index (κ1) is 15.7. The molecule has 1 atom stereocenters. The first-order valence-electron chi connectivity index (χ1n) is 7.59. The number of ether oxygens (including phenoxy) is 2. The Labute approximate surface area is 132 Å². The maximum atomic E-state index is 14.4. The largest absolute Gasteiger partial charge is 0.493 e. The van der Waals surface area contributed by atoms with E-state index in [-0.39, 0.29) is 23.3 Å². The minimum Gasteiger partial charge on any atom is -0.493 e. The average molecular weight is 322 g/mol. The van der Waals surface area contributed by atoms with E-state index in [0.29, 0.717) is 18.3 Å². The lowest BCUT2D eigenvalue weighted by atomic mass is 10.00. The van der Waals surface area contributed by atoms with Crippen LogP contribution in [0.3, 0.4) is 0 Å². The molecule has 1 heterocycles. The van der Waals surface area contributed by atoms with Crippen LogP contribution in [0, 0.1) is 23.4 Å². The summed E-state index contributed by atoms with van der Waals surface area (Å²) >= 11 is 0. The Balaban J connectivity index is 2.17. The van der Waals surface area contributed by atoms with Gasteiger partial charge in [0.25, 0.3) is 0 Å². The van der Waals surface area contributed by atoms with Gasteiger partial charge in [-0.2, -0.15) is 0 Å². The topological polar surface area (TPSA) is 18.5 Å². The zero-order valence-electron chi connectivity index (χ0n) is 13.0. The Morgan fingerprint density at radius 3 is 2.61 bits per heavy atom. The van der Waals surface area contributed by atoms with Gasteiger partial charge in [0.15, 0.2) is 23.2 Å². The number of allylic oxidation sites excluding steroid dienone is 1. The molecular weight excluding hydrogens is 305 g/mol. The van der Waals surface area contributed by atoms with Crippen LogP contribution in [0.1, 0.15) is 25.8 Å². The molecule has 0 saturated heterocycles. The number of benzene rings is 2. The summed E-state index contributed by atoms with van der Waals surface area (Å²) in [6.45, 7) is 4.39. The minimum absolute atomic E-state index is 0.0189. The Bertz CT molecular complexity index is 784. The molecule has 0 spiro atoms. The highest BCUT2D eigenvalue weighted by atomic mass is 19.2. The highest BCUT2D eigenvalue weighted by molar-refractivity contribution is 5.88. The van der Waals surface area contributed by atoms with Gasteiger partial charge in [0.1, 0.15) is 5.76 Å². The van der Waals surface area contributed by atoms with Gasteiger partial charge < -0.3 is 9.47 Å². The summed E-state index contributed by atoms with van der Waals surface area (Å²) < 4.78 is 53.8. The Morgan fingerprint density at radius 2 is 1.96 bits per heavy atom. The van der Waals surface area contributed by atoms with Crippen molar-refractivity contribution in [1.82, 2.24) is 0 Å². The van der Waals surface area contributed by atoms with Gasteiger partial charge in [-0.25, -0.2) is 13.2 Å². The second-order valence-corrected chi connectivity index (χ2v) is 5.68. The number of fused-ring (bicyclic) bond motifs is 1. The molecule has 1 unspecified atom stereocenters. The number of rotatable bonds is 3. The Hall–Kier alpha value is -2.17. The van der Waals surface area contributed by atoms with E-state index in [4.69, 9.17) is 9.47 Å². The van der Waals surface area contributed by atoms with Gasteiger partial charge in [0.05, 0.1) is 24.2 Å². The van der Waals surface area contributed by atoms with E-state index in [1.807, 2.05) is 6.92 Å². The maximum absolute atomic E-state index is 14.4. The summed E-state index contributed by atoms with van der Waals surface area (Å²) in [6, 6.07) is 4.34. The van der Waals surface area contributed by atoms with E-state index >= 15 is 0 Å². The van der Waals surface area contributed by atoms with Crippen molar-refractivity contribution in [2.24, 2.45) is 5.92 Å². The molecule has 0 N–H and O–H groups in total. The minimum atomic E-state index is -1.22. The molecule has 3 rings (SSSR count). The van der Waals surface area contributed by atoms with Crippen LogP contribution >= 0.6 is 0 Å². The smallest absolute Gasteiger partial charge is 0.175 e. The monoisotopic (exact) mass is 322 g/mol. The van der Waals surface area contributed by atoms with Gasteiger partial charge in [-0.05, 0) is 42.9 Å². The number of hydrogen-bond acceptors (Lipinski definition) is 2. The fourth-order valence-corrected chi connectivity index (χ4v) is 2.66. The zero-order chi connectivity index (χ0) is 16.6. The molecule has 0 amide bonds. The van der Waals surface area contributed by atoms with Crippen LogP contribution in [0.4, 0.5) is 13.2 Å². The van der Waals surface area contributed by atoms with Crippen LogP contribution in [0.5, 0.6) is 5.75 Å². The zero-order valence-corrected chi connectivity index (χ0v) is 13.0. The fourth-order valence-electron chi connectivity index (χ4n) is 2.66. The van der Waals surface area contributed by atoms with Gasteiger partial charge in [-0.1, -0.05) is 13.0 Å². The fraction of sp³-hybridized carbons (Fsp3) is 0.333. The molecule has 0 aliphatic carbocycles. The van der Waals surface area contributed by atoms with Crippen molar-refractivity contribution in [3.63, 3.8) is 0 Å². The van der Waals surface area contributed by atoms with Crippen LogP contribution in [-0.4, -0.2) is 13.2 Å². The molecule has 5 heteroatoms. The lowest BCUT2D eigenvalue weighted by molar-refractivity contribution is 0.209. The van der Waals surface area contributed by atoms with E-state index in [0.717, 1.165) is 6.42 Å². The van der Waals surface area contributed by atoms with E-state index in [9.17, 15) is 13.2 Å². The highest BCUT2D eigenvalue weighted by Crippen LogP contribution is 2.35. The van der Waals surface area contributed by atoms with E-state index in [1.165, 1.54) is 18.2 Å². The molecule has 2 aromatic carbocycles. The second kappa shape index (κ2) is 6.14. The average Bonchev–Trinajstić information content (AvgIpc) is 2.54. The van der Waals surface area contributed by atoms with E-state index in [2.05, 4.69) is 0 Å². The molecule has 23 heavy (non-hydrogen) atoms.